The summed E-state index contributed by atoms with van der Waals surface area (Å²) in [5.74, 6) is 0.108. The normalized spacial score (nSPS) is 24.1. The molecule has 118 valence electrons. The summed E-state index contributed by atoms with van der Waals surface area (Å²) >= 11 is 6.19. The lowest BCUT2D eigenvalue weighted by Crippen LogP contribution is -2.30. The number of aliphatic hydroxyl groups excluding tert-OH is 1. The Hall–Kier alpha value is -0.820. The fraction of sp³-hybridized carbons (Fsp3) is 0.571. The molecule has 0 amide bonds. The maximum atomic E-state index is 11.5. The lowest BCUT2D eigenvalue weighted by Gasteiger charge is -2.19. The first kappa shape index (κ1) is 16.5. The van der Waals surface area contributed by atoms with Gasteiger partial charge in [0.05, 0.1) is 11.5 Å². The van der Waals surface area contributed by atoms with Gasteiger partial charge in [0.1, 0.15) is 18.0 Å². The van der Waals surface area contributed by atoms with Gasteiger partial charge < -0.3 is 15.2 Å². The first-order valence-electron chi connectivity index (χ1n) is 6.96. The van der Waals surface area contributed by atoms with Gasteiger partial charge in [-0.3, -0.25) is 0 Å². The third-order valence-corrected chi connectivity index (χ3v) is 5.39. The highest BCUT2D eigenvalue weighted by Crippen LogP contribution is 2.29. The zero-order valence-electron chi connectivity index (χ0n) is 11.9. The summed E-state index contributed by atoms with van der Waals surface area (Å²) < 4.78 is 28.8. The van der Waals surface area contributed by atoms with E-state index < -0.39 is 22.0 Å². The van der Waals surface area contributed by atoms with Crippen LogP contribution in [0.3, 0.4) is 0 Å². The first-order chi connectivity index (χ1) is 9.93. The van der Waals surface area contributed by atoms with Crippen LogP contribution >= 0.6 is 11.6 Å². The van der Waals surface area contributed by atoms with Crippen LogP contribution < -0.4 is 10.1 Å². The number of aliphatic hydroxyl groups is 1. The van der Waals surface area contributed by atoms with E-state index in [1.165, 1.54) is 0 Å². The minimum absolute atomic E-state index is 0.164. The number of nitrogens with one attached hydrogen (secondary N) is 1. The smallest absolute Gasteiger partial charge is 0.156 e. The highest BCUT2D eigenvalue weighted by molar-refractivity contribution is 7.91. The molecule has 0 aliphatic carbocycles. The minimum Gasteiger partial charge on any atom is -0.486 e. The molecule has 0 aromatic heterocycles. The molecule has 1 aliphatic heterocycles. The molecule has 1 aliphatic rings. The molecule has 0 spiro atoms. The number of sulfone groups is 1. The van der Waals surface area contributed by atoms with Crippen molar-refractivity contribution >= 4 is 21.4 Å². The fourth-order valence-corrected chi connectivity index (χ4v) is 4.18. The molecule has 1 fully saturated rings. The van der Waals surface area contributed by atoms with E-state index in [1.807, 2.05) is 0 Å². The van der Waals surface area contributed by atoms with Gasteiger partial charge >= 0.3 is 0 Å². The first-order valence-corrected chi connectivity index (χ1v) is 9.16. The summed E-state index contributed by atoms with van der Waals surface area (Å²) in [5, 5.41) is 13.6. The van der Waals surface area contributed by atoms with Gasteiger partial charge in [-0.15, -0.1) is 0 Å². The molecule has 2 N–H and O–H groups in total. The van der Waals surface area contributed by atoms with E-state index in [2.05, 4.69) is 12.2 Å². The summed E-state index contributed by atoms with van der Waals surface area (Å²) in [7, 11) is -3.23. The molecular weight excluding hydrogens is 314 g/mol. The third kappa shape index (κ3) is 4.32. The monoisotopic (exact) mass is 333 g/mol. The Morgan fingerprint density at radius 2 is 2.19 bits per heavy atom. The van der Waals surface area contributed by atoms with Crippen LogP contribution in [0.4, 0.5) is 0 Å². The van der Waals surface area contributed by atoms with Gasteiger partial charge in [-0.2, -0.15) is 0 Å². The quantitative estimate of drug-likeness (QED) is 0.769. The molecule has 1 aromatic rings. The predicted octanol–water partition coefficient (Wildman–Crippen LogP) is 1.38. The average molecular weight is 334 g/mol. The van der Waals surface area contributed by atoms with Crippen molar-refractivity contribution in [2.75, 3.05) is 18.1 Å². The molecule has 7 heteroatoms. The van der Waals surface area contributed by atoms with Gasteiger partial charge in [0.15, 0.2) is 9.84 Å². The Morgan fingerprint density at radius 1 is 1.43 bits per heavy atom. The largest absolute Gasteiger partial charge is 0.486 e. The Morgan fingerprint density at radius 3 is 2.81 bits per heavy atom. The summed E-state index contributed by atoms with van der Waals surface area (Å²) in [5.41, 5.74) is 0.782. The molecule has 0 saturated carbocycles. The molecule has 0 bridgehead atoms. The summed E-state index contributed by atoms with van der Waals surface area (Å²) in [6, 6.07) is 5.25. The Kier molecular flexibility index (Phi) is 5.48. The van der Waals surface area contributed by atoms with E-state index in [1.54, 1.807) is 18.2 Å². The van der Waals surface area contributed by atoms with Crippen molar-refractivity contribution < 1.29 is 18.3 Å². The van der Waals surface area contributed by atoms with Gasteiger partial charge in [-0.1, -0.05) is 24.6 Å². The summed E-state index contributed by atoms with van der Waals surface area (Å²) in [6.07, 6.45) is -0.732. The lowest BCUT2D eigenvalue weighted by atomic mass is 10.2. The number of benzene rings is 1. The second-order valence-corrected chi connectivity index (χ2v) is 7.75. The van der Waals surface area contributed by atoms with Crippen LogP contribution in [0.2, 0.25) is 5.02 Å². The van der Waals surface area contributed by atoms with Crippen molar-refractivity contribution in [2.45, 2.75) is 32.1 Å². The highest BCUT2D eigenvalue weighted by atomic mass is 35.5. The van der Waals surface area contributed by atoms with Crippen LogP contribution in [0.15, 0.2) is 18.2 Å². The molecule has 21 heavy (non-hydrogen) atoms. The van der Waals surface area contributed by atoms with Crippen LogP contribution in [0.5, 0.6) is 5.75 Å². The van der Waals surface area contributed by atoms with Crippen molar-refractivity contribution in [1.82, 2.24) is 5.32 Å². The van der Waals surface area contributed by atoms with Crippen LogP contribution in [-0.2, 0) is 16.4 Å². The molecule has 1 saturated heterocycles. The van der Waals surface area contributed by atoms with Gasteiger partial charge in [-0.25, -0.2) is 8.42 Å². The molecule has 2 unspecified atom stereocenters. The van der Waals surface area contributed by atoms with E-state index in [0.29, 0.717) is 17.3 Å². The molecule has 1 aromatic carbocycles. The Balaban J connectivity index is 2.14. The van der Waals surface area contributed by atoms with Crippen LogP contribution in [-0.4, -0.2) is 43.8 Å². The topological polar surface area (TPSA) is 75.6 Å². The Labute approximate surface area is 130 Å². The number of ether oxygens (including phenoxy) is 1. The van der Waals surface area contributed by atoms with E-state index in [0.717, 1.165) is 18.5 Å². The van der Waals surface area contributed by atoms with Gasteiger partial charge in [0, 0.05) is 17.1 Å². The van der Waals surface area contributed by atoms with E-state index in [-0.39, 0.29) is 11.5 Å². The van der Waals surface area contributed by atoms with Crippen molar-refractivity contribution in [3.8, 4) is 5.75 Å². The average Bonchev–Trinajstić information content (AvgIpc) is 2.65. The van der Waals surface area contributed by atoms with E-state index in [9.17, 15) is 13.5 Å². The van der Waals surface area contributed by atoms with Crippen molar-refractivity contribution in [3.05, 3.63) is 28.8 Å². The number of halogens is 1. The predicted molar refractivity (Wildman–Crippen MR) is 82.5 cm³/mol. The van der Waals surface area contributed by atoms with Gasteiger partial charge in [-0.05, 0) is 25.1 Å². The lowest BCUT2D eigenvalue weighted by molar-refractivity contribution is 0.0731. The zero-order valence-corrected chi connectivity index (χ0v) is 13.5. The van der Waals surface area contributed by atoms with E-state index in [4.69, 9.17) is 16.3 Å². The van der Waals surface area contributed by atoms with E-state index >= 15 is 0 Å². The molecule has 2 rings (SSSR count). The van der Waals surface area contributed by atoms with Crippen molar-refractivity contribution in [2.24, 2.45) is 0 Å². The summed E-state index contributed by atoms with van der Waals surface area (Å²) in [4.78, 5) is 0. The molecule has 2 atom stereocenters. The van der Waals surface area contributed by atoms with Crippen LogP contribution in [0.1, 0.15) is 18.9 Å². The molecule has 5 nitrogen and oxygen atoms in total. The molecular formula is C14H20ClNO4S. The van der Waals surface area contributed by atoms with Gasteiger partial charge in [0.25, 0.3) is 0 Å². The maximum absolute atomic E-state index is 11.5. The van der Waals surface area contributed by atoms with Crippen molar-refractivity contribution in [1.29, 1.82) is 0 Å². The summed E-state index contributed by atoms with van der Waals surface area (Å²) in [6.45, 7) is 3.46. The van der Waals surface area contributed by atoms with Crippen molar-refractivity contribution in [3.63, 3.8) is 0 Å². The Bertz CT molecular complexity index is 591. The molecule has 1 heterocycles. The molecule has 0 radical (unpaired) electrons. The highest BCUT2D eigenvalue weighted by Gasteiger charge is 2.38. The maximum Gasteiger partial charge on any atom is 0.156 e. The number of rotatable bonds is 6. The number of hydrogen-bond acceptors (Lipinski definition) is 5. The third-order valence-electron chi connectivity index (χ3n) is 3.35. The second kappa shape index (κ2) is 6.96. The van der Waals surface area contributed by atoms with Crippen LogP contribution in [0.25, 0.3) is 0 Å². The number of hydrogen-bond donors (Lipinski definition) is 2. The zero-order chi connectivity index (χ0) is 15.5. The fourth-order valence-electron chi connectivity index (χ4n) is 2.28. The SMILES string of the molecule is CCCNCc1c(Cl)cccc1OC1CS(=O)(=O)CC1O. The minimum atomic E-state index is -3.23. The van der Waals surface area contributed by atoms with Crippen LogP contribution in [0, 0.1) is 0 Å². The standard InChI is InChI=1S/C14H20ClNO4S/c1-2-6-16-7-10-11(15)4-3-5-13(10)20-14-9-21(18,19)8-12(14)17/h3-5,12,14,16-17H,2,6-9H2,1H3. The second-order valence-electron chi connectivity index (χ2n) is 5.19. The van der Waals surface area contributed by atoms with Gasteiger partial charge in [0.2, 0.25) is 0 Å².